The highest BCUT2D eigenvalue weighted by Crippen LogP contribution is 2.46. The number of hydrogen-bond acceptors (Lipinski definition) is 5. The summed E-state index contributed by atoms with van der Waals surface area (Å²) >= 11 is 0. The summed E-state index contributed by atoms with van der Waals surface area (Å²) in [4.78, 5) is 18.3. The molecule has 8 heteroatoms. The second-order valence-electron chi connectivity index (χ2n) is 8.45. The van der Waals surface area contributed by atoms with Crippen LogP contribution in [0.25, 0.3) is 22.4 Å². The molecule has 1 aromatic carbocycles. The Morgan fingerprint density at radius 1 is 1.24 bits per heavy atom. The van der Waals surface area contributed by atoms with Crippen molar-refractivity contribution in [3.8, 4) is 5.82 Å². The molecule has 0 radical (unpaired) electrons. The lowest BCUT2D eigenvalue weighted by atomic mass is 10.1. The summed E-state index contributed by atoms with van der Waals surface area (Å²) in [5, 5.41) is 8.61. The van der Waals surface area contributed by atoms with Crippen molar-refractivity contribution in [2.24, 2.45) is 5.92 Å². The van der Waals surface area contributed by atoms with Gasteiger partial charge in [0.15, 0.2) is 11.3 Å². The molecular formula is C21H22N6O2. The lowest BCUT2D eigenvalue weighted by Crippen LogP contribution is -2.39. The predicted molar refractivity (Wildman–Crippen MR) is 107 cm³/mol. The molecule has 1 saturated carbocycles. The summed E-state index contributed by atoms with van der Waals surface area (Å²) in [6, 6.07) is 7.88. The van der Waals surface area contributed by atoms with E-state index in [1.54, 1.807) is 15.6 Å². The number of aromatic nitrogens is 6. The van der Waals surface area contributed by atoms with Gasteiger partial charge in [-0.15, -0.1) is 5.10 Å². The molecule has 4 heterocycles. The van der Waals surface area contributed by atoms with Crippen LogP contribution in [0.3, 0.4) is 0 Å². The Labute approximate surface area is 166 Å². The van der Waals surface area contributed by atoms with Gasteiger partial charge in [-0.2, -0.15) is 4.68 Å². The van der Waals surface area contributed by atoms with E-state index in [2.05, 4.69) is 22.2 Å². The topological polar surface area (TPSA) is 79.2 Å². The van der Waals surface area contributed by atoms with Gasteiger partial charge in [0.1, 0.15) is 12.1 Å². The first-order valence-electron chi connectivity index (χ1n) is 10.1. The maximum Gasteiger partial charge on any atom is 0.281 e. The Balaban J connectivity index is 1.64. The number of benzene rings is 1. The molecule has 4 aromatic rings. The molecule has 0 bridgehead atoms. The van der Waals surface area contributed by atoms with Crippen LogP contribution >= 0.6 is 0 Å². The summed E-state index contributed by atoms with van der Waals surface area (Å²) in [6.07, 6.45) is 6.46. The fourth-order valence-electron chi connectivity index (χ4n) is 4.66. The average molecular weight is 390 g/mol. The van der Waals surface area contributed by atoms with Gasteiger partial charge in [-0.3, -0.25) is 13.8 Å². The van der Waals surface area contributed by atoms with Crippen LogP contribution in [0, 0.1) is 5.92 Å². The zero-order valence-corrected chi connectivity index (χ0v) is 16.4. The highest BCUT2D eigenvalue weighted by molar-refractivity contribution is 5.81. The van der Waals surface area contributed by atoms with E-state index in [1.807, 2.05) is 41.8 Å². The molecule has 29 heavy (non-hydrogen) atoms. The summed E-state index contributed by atoms with van der Waals surface area (Å²) in [5.41, 5.74) is 2.40. The van der Waals surface area contributed by atoms with Gasteiger partial charge < -0.3 is 4.74 Å². The smallest absolute Gasteiger partial charge is 0.281 e. The SMILES string of the molecule is CC1CC1c1cn(-c2ncn3c2c(=O)n(C2(C)CCCO2)c2ccccc23)nn1. The molecule has 8 nitrogen and oxygen atoms in total. The van der Waals surface area contributed by atoms with Crippen molar-refractivity contribution in [1.82, 2.24) is 28.9 Å². The van der Waals surface area contributed by atoms with Crippen molar-refractivity contribution < 1.29 is 4.74 Å². The van der Waals surface area contributed by atoms with E-state index in [9.17, 15) is 4.79 Å². The van der Waals surface area contributed by atoms with Crippen LogP contribution in [0.1, 0.15) is 44.7 Å². The standard InChI is InChI=1S/C21H22N6O2/c1-13-10-14(13)15-11-26(24-23-15)19-18-20(28)27(21(2)8-5-9-29-21)17-7-4-3-6-16(17)25(18)12-22-19/h3-4,6-7,11-14H,5,8-10H2,1-2H3. The van der Waals surface area contributed by atoms with Crippen molar-refractivity contribution in [2.75, 3.05) is 6.61 Å². The summed E-state index contributed by atoms with van der Waals surface area (Å²) in [5.74, 6) is 1.60. The molecule has 1 saturated heterocycles. The zero-order valence-electron chi connectivity index (χ0n) is 16.4. The van der Waals surface area contributed by atoms with Gasteiger partial charge in [0.05, 0.1) is 22.9 Å². The Morgan fingerprint density at radius 3 is 2.76 bits per heavy atom. The fraction of sp³-hybridized carbons (Fsp3) is 0.429. The van der Waals surface area contributed by atoms with Crippen molar-refractivity contribution in [3.05, 3.63) is 52.8 Å². The number of hydrogen-bond donors (Lipinski definition) is 0. The zero-order chi connectivity index (χ0) is 19.8. The maximum absolute atomic E-state index is 13.8. The van der Waals surface area contributed by atoms with Gasteiger partial charge in [-0.25, -0.2) is 4.98 Å². The minimum atomic E-state index is -0.670. The summed E-state index contributed by atoms with van der Waals surface area (Å²) in [7, 11) is 0. The molecule has 1 aliphatic heterocycles. The van der Waals surface area contributed by atoms with E-state index in [4.69, 9.17) is 4.74 Å². The molecule has 148 valence electrons. The van der Waals surface area contributed by atoms with Crippen LogP contribution < -0.4 is 5.56 Å². The van der Waals surface area contributed by atoms with Crippen LogP contribution in [0.2, 0.25) is 0 Å². The number of nitrogens with zero attached hydrogens (tertiary/aromatic N) is 6. The monoisotopic (exact) mass is 390 g/mol. The van der Waals surface area contributed by atoms with Crippen LogP contribution in [0.4, 0.5) is 0 Å². The Kier molecular flexibility index (Phi) is 3.36. The maximum atomic E-state index is 13.8. The molecule has 6 rings (SSSR count). The van der Waals surface area contributed by atoms with Gasteiger partial charge in [0, 0.05) is 12.5 Å². The minimum absolute atomic E-state index is 0.127. The molecule has 1 aliphatic carbocycles. The number of fused-ring (bicyclic) bond motifs is 3. The van der Waals surface area contributed by atoms with Crippen molar-refractivity contribution >= 4 is 16.6 Å². The third-order valence-corrected chi connectivity index (χ3v) is 6.42. The quantitative estimate of drug-likeness (QED) is 0.537. The minimum Gasteiger partial charge on any atom is -0.355 e. The van der Waals surface area contributed by atoms with E-state index >= 15 is 0 Å². The molecule has 0 spiro atoms. The molecule has 2 fully saturated rings. The first-order chi connectivity index (χ1) is 14.1. The number of ether oxygens (including phenoxy) is 1. The second kappa shape index (κ2) is 5.76. The van der Waals surface area contributed by atoms with Gasteiger partial charge in [-0.05, 0) is 44.2 Å². The first-order valence-corrected chi connectivity index (χ1v) is 10.1. The molecule has 3 atom stereocenters. The molecule has 2 aliphatic rings. The largest absolute Gasteiger partial charge is 0.355 e. The fourth-order valence-corrected chi connectivity index (χ4v) is 4.66. The Bertz CT molecular complexity index is 1310. The van der Waals surface area contributed by atoms with Gasteiger partial charge in [0.25, 0.3) is 5.56 Å². The summed E-state index contributed by atoms with van der Waals surface area (Å²) in [6.45, 7) is 4.85. The van der Waals surface area contributed by atoms with Gasteiger partial charge in [0.2, 0.25) is 0 Å². The normalized spacial score (nSPS) is 26.6. The Hall–Kier alpha value is -3.00. The lowest BCUT2D eigenvalue weighted by molar-refractivity contribution is -0.0447. The van der Waals surface area contributed by atoms with Crippen molar-refractivity contribution in [2.45, 2.75) is 44.8 Å². The van der Waals surface area contributed by atoms with Crippen molar-refractivity contribution in [3.63, 3.8) is 0 Å². The van der Waals surface area contributed by atoms with Crippen LogP contribution in [0.5, 0.6) is 0 Å². The predicted octanol–water partition coefficient (Wildman–Crippen LogP) is 2.84. The highest BCUT2D eigenvalue weighted by atomic mass is 16.5. The molecule has 0 N–H and O–H groups in total. The van der Waals surface area contributed by atoms with Gasteiger partial charge in [-0.1, -0.05) is 24.3 Å². The number of rotatable bonds is 3. The molecular weight excluding hydrogens is 368 g/mol. The number of para-hydroxylation sites is 2. The molecule has 3 aromatic heterocycles. The molecule has 3 unspecified atom stereocenters. The first kappa shape index (κ1) is 16.9. The highest BCUT2D eigenvalue weighted by Gasteiger charge is 2.37. The van der Waals surface area contributed by atoms with Crippen molar-refractivity contribution in [1.29, 1.82) is 0 Å². The lowest BCUT2D eigenvalue weighted by Gasteiger charge is -2.28. The third-order valence-electron chi connectivity index (χ3n) is 6.42. The number of imidazole rings is 1. The molecule has 0 amide bonds. The third kappa shape index (κ3) is 2.35. The van der Waals surface area contributed by atoms with Crippen LogP contribution in [-0.4, -0.2) is 35.6 Å². The van der Waals surface area contributed by atoms with Crippen LogP contribution in [-0.2, 0) is 10.5 Å². The van der Waals surface area contributed by atoms with Gasteiger partial charge >= 0.3 is 0 Å². The van der Waals surface area contributed by atoms with E-state index in [0.717, 1.165) is 36.0 Å². The second-order valence-corrected chi connectivity index (χ2v) is 8.45. The summed E-state index contributed by atoms with van der Waals surface area (Å²) < 4.78 is 11.3. The Morgan fingerprint density at radius 2 is 2.03 bits per heavy atom. The van der Waals surface area contributed by atoms with E-state index in [-0.39, 0.29) is 5.56 Å². The van der Waals surface area contributed by atoms with Crippen LogP contribution in [0.15, 0.2) is 41.6 Å². The van der Waals surface area contributed by atoms with E-state index in [0.29, 0.717) is 29.8 Å². The average Bonchev–Trinajstić information content (AvgIpc) is 3.16. The van der Waals surface area contributed by atoms with E-state index in [1.165, 1.54) is 0 Å². The van der Waals surface area contributed by atoms with E-state index < -0.39 is 5.72 Å².